The van der Waals surface area contributed by atoms with Crippen molar-refractivity contribution in [3.8, 4) is 5.75 Å². The summed E-state index contributed by atoms with van der Waals surface area (Å²) in [7, 11) is 0. The molecule has 1 heterocycles. The van der Waals surface area contributed by atoms with Crippen molar-refractivity contribution in [1.82, 2.24) is 4.90 Å². The zero-order chi connectivity index (χ0) is 18.7. The number of hydrogen-bond donors (Lipinski definition) is 0. The van der Waals surface area contributed by atoms with Gasteiger partial charge in [0, 0.05) is 18.1 Å². The van der Waals surface area contributed by atoms with Gasteiger partial charge in [-0.3, -0.25) is 9.69 Å². The van der Waals surface area contributed by atoms with Crippen LogP contribution in [-0.4, -0.2) is 30.0 Å². The highest BCUT2D eigenvalue weighted by molar-refractivity contribution is 6.25. The summed E-state index contributed by atoms with van der Waals surface area (Å²) in [5.41, 5.74) is 4.31. The monoisotopic (exact) mass is 375 g/mol. The first-order valence-corrected chi connectivity index (χ1v) is 10.1. The van der Waals surface area contributed by atoms with Crippen molar-refractivity contribution in [3.05, 3.63) is 40.9 Å². The van der Waals surface area contributed by atoms with Gasteiger partial charge >= 0.3 is 5.97 Å². The zero-order valence-electron chi connectivity index (χ0n) is 16.1. The standard InChI is InChI=1S/C22H30ClNO2/c1-22(2,3)15-21(25)26-19-8-7-16-14-20-17(12-18(16)13-19)6-4-10-24(20)11-5-9-23/h5,7-9,13,17,20H,4,6,10-12,14-15H2,1-3H3/b9-5+. The molecule has 0 saturated carbocycles. The molecule has 4 heteroatoms. The van der Waals surface area contributed by atoms with Gasteiger partial charge in [-0.15, -0.1) is 0 Å². The van der Waals surface area contributed by atoms with E-state index < -0.39 is 0 Å². The van der Waals surface area contributed by atoms with Crippen molar-refractivity contribution in [3.63, 3.8) is 0 Å². The average molecular weight is 376 g/mol. The van der Waals surface area contributed by atoms with Crippen LogP contribution < -0.4 is 4.74 Å². The van der Waals surface area contributed by atoms with Gasteiger partial charge in [-0.2, -0.15) is 0 Å². The Kier molecular flexibility index (Phi) is 6.09. The van der Waals surface area contributed by atoms with E-state index in [-0.39, 0.29) is 11.4 Å². The number of carbonyl (C=O) groups excluding carboxylic acids is 1. The van der Waals surface area contributed by atoms with Crippen molar-refractivity contribution in [2.75, 3.05) is 13.1 Å². The average Bonchev–Trinajstić information content (AvgIpc) is 2.56. The number of carbonyl (C=O) groups is 1. The molecule has 142 valence electrons. The molecule has 3 rings (SSSR count). The third kappa shape index (κ3) is 4.89. The molecule has 0 bridgehead atoms. The Morgan fingerprint density at radius 1 is 1.31 bits per heavy atom. The van der Waals surface area contributed by atoms with Crippen LogP contribution in [0.4, 0.5) is 0 Å². The first kappa shape index (κ1) is 19.4. The maximum atomic E-state index is 12.1. The Bertz CT molecular complexity index is 677. The van der Waals surface area contributed by atoms with E-state index in [1.807, 2.05) is 12.1 Å². The molecule has 1 aromatic rings. The SMILES string of the molecule is CC(C)(C)CC(=O)Oc1ccc2c(c1)CC1CCCN(C/C=C/Cl)C1C2. The van der Waals surface area contributed by atoms with E-state index in [9.17, 15) is 4.79 Å². The van der Waals surface area contributed by atoms with Gasteiger partial charge in [-0.05, 0) is 66.8 Å². The molecule has 0 aromatic heterocycles. The van der Waals surface area contributed by atoms with Crippen LogP contribution >= 0.6 is 11.6 Å². The number of rotatable bonds is 4. The topological polar surface area (TPSA) is 29.5 Å². The summed E-state index contributed by atoms with van der Waals surface area (Å²) in [6.45, 7) is 8.24. The molecule has 2 aliphatic rings. The number of benzene rings is 1. The number of ether oxygens (including phenoxy) is 1. The summed E-state index contributed by atoms with van der Waals surface area (Å²) in [5, 5.41) is 0. The Hall–Kier alpha value is -1.32. The van der Waals surface area contributed by atoms with E-state index in [1.165, 1.54) is 24.0 Å². The van der Waals surface area contributed by atoms with Gasteiger partial charge in [0.1, 0.15) is 5.75 Å². The summed E-state index contributed by atoms with van der Waals surface area (Å²) < 4.78 is 5.59. The normalized spacial score (nSPS) is 23.5. The van der Waals surface area contributed by atoms with Gasteiger partial charge in [0.15, 0.2) is 0 Å². The van der Waals surface area contributed by atoms with Crippen LogP contribution in [0, 0.1) is 11.3 Å². The van der Waals surface area contributed by atoms with Crippen molar-refractivity contribution >= 4 is 17.6 Å². The maximum Gasteiger partial charge on any atom is 0.311 e. The number of piperidine rings is 1. The van der Waals surface area contributed by atoms with E-state index in [1.54, 1.807) is 5.54 Å². The Morgan fingerprint density at radius 2 is 2.12 bits per heavy atom. The largest absolute Gasteiger partial charge is 0.427 e. The Morgan fingerprint density at radius 3 is 2.85 bits per heavy atom. The minimum absolute atomic E-state index is 0.0540. The second kappa shape index (κ2) is 8.14. The molecule has 0 radical (unpaired) electrons. The van der Waals surface area contributed by atoms with Crippen LogP contribution in [0.5, 0.6) is 5.75 Å². The van der Waals surface area contributed by atoms with Crippen LogP contribution in [0.1, 0.15) is 51.2 Å². The lowest BCUT2D eigenvalue weighted by atomic mass is 9.75. The Labute approximate surface area is 162 Å². The van der Waals surface area contributed by atoms with Gasteiger partial charge in [-0.1, -0.05) is 44.5 Å². The molecule has 1 saturated heterocycles. The van der Waals surface area contributed by atoms with Crippen LogP contribution in [0.15, 0.2) is 29.8 Å². The van der Waals surface area contributed by atoms with Crippen LogP contribution in [0.3, 0.4) is 0 Å². The number of nitrogens with zero attached hydrogens (tertiary/aromatic N) is 1. The fraction of sp³-hybridized carbons (Fsp3) is 0.591. The molecule has 2 unspecified atom stereocenters. The highest BCUT2D eigenvalue weighted by Crippen LogP contribution is 2.36. The molecule has 1 fully saturated rings. The fourth-order valence-electron chi connectivity index (χ4n) is 4.31. The summed E-state index contributed by atoms with van der Waals surface area (Å²) in [5.74, 6) is 1.22. The second-order valence-electron chi connectivity index (χ2n) is 8.88. The van der Waals surface area contributed by atoms with Crippen LogP contribution in [-0.2, 0) is 17.6 Å². The molecule has 1 aliphatic carbocycles. The minimum atomic E-state index is -0.150. The summed E-state index contributed by atoms with van der Waals surface area (Å²) in [6.07, 6.45) is 7.14. The number of hydrogen-bond acceptors (Lipinski definition) is 3. The number of likely N-dealkylation sites (tertiary alicyclic amines) is 1. The summed E-state index contributed by atoms with van der Waals surface area (Å²) >= 11 is 5.73. The first-order chi connectivity index (χ1) is 12.4. The molecule has 0 N–H and O–H groups in total. The van der Waals surface area contributed by atoms with Crippen molar-refractivity contribution in [1.29, 1.82) is 0 Å². The highest BCUT2D eigenvalue weighted by atomic mass is 35.5. The smallest absolute Gasteiger partial charge is 0.311 e. The Balaban J connectivity index is 1.71. The fourth-order valence-corrected chi connectivity index (χ4v) is 4.39. The molecule has 3 nitrogen and oxygen atoms in total. The molecule has 26 heavy (non-hydrogen) atoms. The predicted molar refractivity (Wildman–Crippen MR) is 107 cm³/mol. The van der Waals surface area contributed by atoms with Gasteiger partial charge in [0.05, 0.1) is 6.42 Å². The second-order valence-corrected chi connectivity index (χ2v) is 9.13. The molecule has 2 atom stereocenters. The number of esters is 1. The quantitative estimate of drug-likeness (QED) is 0.550. The third-order valence-corrected chi connectivity index (χ3v) is 5.64. The maximum absolute atomic E-state index is 12.1. The van der Waals surface area contributed by atoms with Crippen LogP contribution in [0.2, 0.25) is 0 Å². The first-order valence-electron chi connectivity index (χ1n) is 9.67. The predicted octanol–water partition coefficient (Wildman–Crippen LogP) is 4.96. The number of fused-ring (bicyclic) bond motifs is 2. The van der Waals surface area contributed by atoms with Crippen molar-refractivity contribution in [2.45, 2.75) is 58.9 Å². The molecule has 1 aromatic carbocycles. The van der Waals surface area contributed by atoms with Gasteiger partial charge in [0.25, 0.3) is 0 Å². The molecule has 0 amide bonds. The summed E-state index contributed by atoms with van der Waals surface area (Å²) in [4.78, 5) is 14.7. The van der Waals surface area contributed by atoms with Crippen molar-refractivity contribution in [2.24, 2.45) is 11.3 Å². The van der Waals surface area contributed by atoms with E-state index in [0.717, 1.165) is 25.9 Å². The lowest BCUT2D eigenvalue weighted by Crippen LogP contribution is -2.49. The van der Waals surface area contributed by atoms with Gasteiger partial charge < -0.3 is 4.74 Å². The minimum Gasteiger partial charge on any atom is -0.427 e. The van der Waals surface area contributed by atoms with E-state index in [4.69, 9.17) is 16.3 Å². The third-order valence-electron chi connectivity index (χ3n) is 5.46. The lowest BCUT2D eigenvalue weighted by molar-refractivity contribution is -0.136. The van der Waals surface area contributed by atoms with Gasteiger partial charge in [0.2, 0.25) is 0 Å². The van der Waals surface area contributed by atoms with Crippen molar-refractivity contribution < 1.29 is 9.53 Å². The van der Waals surface area contributed by atoms with Crippen LogP contribution in [0.25, 0.3) is 0 Å². The van der Waals surface area contributed by atoms with Gasteiger partial charge in [-0.25, -0.2) is 0 Å². The highest BCUT2D eigenvalue weighted by Gasteiger charge is 2.35. The van der Waals surface area contributed by atoms with E-state index >= 15 is 0 Å². The van der Waals surface area contributed by atoms with E-state index in [2.05, 4.69) is 37.8 Å². The number of halogens is 1. The zero-order valence-corrected chi connectivity index (χ0v) is 16.9. The molecule has 0 spiro atoms. The molecular weight excluding hydrogens is 346 g/mol. The molecule has 1 aliphatic heterocycles. The van der Waals surface area contributed by atoms with E-state index in [0.29, 0.717) is 24.1 Å². The molecular formula is C22H30ClNO2. The lowest BCUT2D eigenvalue weighted by Gasteiger charge is -2.44. The summed E-state index contributed by atoms with van der Waals surface area (Å²) in [6, 6.07) is 6.78.